The first-order chi connectivity index (χ1) is 9.56. The fraction of sp³-hybridized carbons (Fsp3) is 0.562. The van der Waals surface area contributed by atoms with Crippen molar-refractivity contribution in [3.05, 3.63) is 29.8 Å². The summed E-state index contributed by atoms with van der Waals surface area (Å²) >= 11 is 0. The number of rotatable bonds is 2. The summed E-state index contributed by atoms with van der Waals surface area (Å²) in [6.45, 7) is 6.99. The first-order valence-corrected chi connectivity index (χ1v) is 7.34. The van der Waals surface area contributed by atoms with Crippen LogP contribution in [0.15, 0.2) is 24.3 Å². The molecule has 0 bridgehead atoms. The van der Waals surface area contributed by atoms with E-state index in [-0.39, 0.29) is 17.6 Å². The number of carbonyl (C=O) groups excluding carboxylic acids is 1. The maximum Gasteiger partial charge on any atom is 0.407 e. The summed E-state index contributed by atoms with van der Waals surface area (Å²) in [5.41, 5.74) is 2.33. The second-order valence-corrected chi connectivity index (χ2v) is 6.43. The minimum Gasteiger partial charge on any atom is -0.449 e. The quantitative estimate of drug-likeness (QED) is 0.901. The Kier molecular flexibility index (Phi) is 3.32. The van der Waals surface area contributed by atoms with Crippen molar-refractivity contribution in [1.29, 1.82) is 0 Å². The van der Waals surface area contributed by atoms with Crippen LogP contribution in [0.2, 0.25) is 0 Å². The molecule has 4 heteroatoms. The lowest BCUT2D eigenvalue weighted by Gasteiger charge is -2.38. The fourth-order valence-electron chi connectivity index (χ4n) is 3.08. The Morgan fingerprint density at radius 3 is 2.50 bits per heavy atom. The SMILES string of the molecule is CC1(C)COC(=O)N[C@@H]1c1ccc(N2CCCC2)cc1. The van der Waals surface area contributed by atoms with Gasteiger partial charge in [-0.2, -0.15) is 0 Å². The maximum absolute atomic E-state index is 11.5. The number of nitrogens with one attached hydrogen (secondary N) is 1. The normalized spacial score (nSPS) is 25.2. The summed E-state index contributed by atoms with van der Waals surface area (Å²) < 4.78 is 5.09. The number of hydrogen-bond donors (Lipinski definition) is 1. The predicted molar refractivity (Wildman–Crippen MR) is 78.9 cm³/mol. The van der Waals surface area contributed by atoms with Gasteiger partial charge in [0.25, 0.3) is 0 Å². The van der Waals surface area contributed by atoms with Crippen LogP contribution >= 0.6 is 0 Å². The molecule has 3 rings (SSSR count). The molecular weight excluding hydrogens is 252 g/mol. The molecular formula is C16H22N2O2. The topological polar surface area (TPSA) is 41.6 Å². The van der Waals surface area contributed by atoms with Crippen LogP contribution in [-0.2, 0) is 4.74 Å². The Labute approximate surface area is 120 Å². The van der Waals surface area contributed by atoms with Crippen molar-refractivity contribution in [2.75, 3.05) is 24.6 Å². The van der Waals surface area contributed by atoms with E-state index in [1.165, 1.54) is 18.5 Å². The lowest BCUT2D eigenvalue weighted by molar-refractivity contribution is 0.0387. The van der Waals surface area contributed by atoms with E-state index in [0.29, 0.717) is 6.61 Å². The first-order valence-electron chi connectivity index (χ1n) is 7.34. The smallest absolute Gasteiger partial charge is 0.407 e. The molecule has 1 amide bonds. The van der Waals surface area contributed by atoms with Gasteiger partial charge >= 0.3 is 6.09 Å². The summed E-state index contributed by atoms with van der Waals surface area (Å²) in [6, 6.07) is 8.60. The molecule has 1 aromatic rings. The second-order valence-electron chi connectivity index (χ2n) is 6.43. The van der Waals surface area contributed by atoms with Crippen LogP contribution in [0.4, 0.5) is 10.5 Å². The molecule has 20 heavy (non-hydrogen) atoms. The zero-order valence-electron chi connectivity index (χ0n) is 12.2. The van der Waals surface area contributed by atoms with Gasteiger partial charge in [0.2, 0.25) is 0 Å². The van der Waals surface area contributed by atoms with Crippen molar-refractivity contribution in [3.8, 4) is 0 Å². The standard InChI is InChI=1S/C16H22N2O2/c1-16(2)11-20-15(19)17-14(16)12-5-7-13(8-6-12)18-9-3-4-10-18/h5-8,14H,3-4,9-11H2,1-2H3,(H,17,19)/t14-/m1/s1. The Morgan fingerprint density at radius 2 is 1.85 bits per heavy atom. The molecule has 2 heterocycles. The van der Waals surface area contributed by atoms with Crippen LogP contribution < -0.4 is 10.2 Å². The van der Waals surface area contributed by atoms with Gasteiger partial charge in [0.1, 0.15) is 6.61 Å². The van der Waals surface area contributed by atoms with E-state index in [2.05, 4.69) is 48.3 Å². The number of carbonyl (C=O) groups is 1. The van der Waals surface area contributed by atoms with Crippen molar-refractivity contribution >= 4 is 11.8 Å². The van der Waals surface area contributed by atoms with Gasteiger partial charge in [-0.1, -0.05) is 26.0 Å². The van der Waals surface area contributed by atoms with E-state index in [4.69, 9.17) is 4.74 Å². The average Bonchev–Trinajstić information content (AvgIpc) is 2.96. The molecule has 108 valence electrons. The zero-order chi connectivity index (χ0) is 14.2. The summed E-state index contributed by atoms with van der Waals surface area (Å²) in [7, 11) is 0. The molecule has 0 unspecified atom stereocenters. The summed E-state index contributed by atoms with van der Waals surface area (Å²) in [6.07, 6.45) is 2.24. The summed E-state index contributed by atoms with van der Waals surface area (Å²) in [5.74, 6) is 0. The van der Waals surface area contributed by atoms with Gasteiger partial charge < -0.3 is 15.0 Å². The van der Waals surface area contributed by atoms with Gasteiger partial charge in [0, 0.05) is 24.2 Å². The molecule has 0 spiro atoms. The molecule has 0 aliphatic carbocycles. The first kappa shape index (κ1) is 13.3. The predicted octanol–water partition coefficient (Wildman–Crippen LogP) is 3.09. The molecule has 1 N–H and O–H groups in total. The molecule has 0 aromatic heterocycles. The molecule has 2 saturated heterocycles. The molecule has 4 nitrogen and oxygen atoms in total. The van der Waals surface area contributed by atoms with Gasteiger partial charge in [-0.05, 0) is 30.5 Å². The molecule has 0 radical (unpaired) electrons. The van der Waals surface area contributed by atoms with E-state index in [1.54, 1.807) is 0 Å². The van der Waals surface area contributed by atoms with Crippen molar-refractivity contribution in [2.24, 2.45) is 5.41 Å². The third kappa shape index (κ3) is 2.47. The third-order valence-corrected chi connectivity index (χ3v) is 4.32. The van der Waals surface area contributed by atoms with Crippen LogP contribution in [-0.4, -0.2) is 25.8 Å². The minimum absolute atomic E-state index is 0.0105. The van der Waals surface area contributed by atoms with E-state index in [1.807, 2.05) is 0 Å². The van der Waals surface area contributed by atoms with Gasteiger partial charge in [-0.3, -0.25) is 0 Å². The Balaban J connectivity index is 1.80. The number of ether oxygens (including phenoxy) is 1. The zero-order valence-corrected chi connectivity index (χ0v) is 12.2. The van der Waals surface area contributed by atoms with E-state index < -0.39 is 0 Å². The van der Waals surface area contributed by atoms with Gasteiger partial charge in [-0.15, -0.1) is 0 Å². The van der Waals surface area contributed by atoms with Crippen molar-refractivity contribution in [1.82, 2.24) is 5.32 Å². The summed E-state index contributed by atoms with van der Waals surface area (Å²) in [4.78, 5) is 13.9. The number of nitrogens with zero attached hydrogens (tertiary/aromatic N) is 1. The molecule has 2 fully saturated rings. The van der Waals surface area contributed by atoms with Crippen LogP contribution in [0.5, 0.6) is 0 Å². The Bertz CT molecular complexity index is 490. The third-order valence-electron chi connectivity index (χ3n) is 4.32. The van der Waals surface area contributed by atoms with Gasteiger partial charge in [0.05, 0.1) is 6.04 Å². The maximum atomic E-state index is 11.5. The number of anilines is 1. The number of benzene rings is 1. The van der Waals surface area contributed by atoms with E-state index in [9.17, 15) is 4.79 Å². The highest BCUT2D eigenvalue weighted by Gasteiger charge is 2.37. The highest BCUT2D eigenvalue weighted by atomic mass is 16.6. The van der Waals surface area contributed by atoms with E-state index in [0.717, 1.165) is 18.7 Å². The van der Waals surface area contributed by atoms with Crippen molar-refractivity contribution < 1.29 is 9.53 Å². The second kappa shape index (κ2) is 5.00. The largest absolute Gasteiger partial charge is 0.449 e. The number of hydrogen-bond acceptors (Lipinski definition) is 3. The number of alkyl carbamates (subject to hydrolysis) is 1. The van der Waals surface area contributed by atoms with Crippen molar-refractivity contribution in [2.45, 2.75) is 32.7 Å². The van der Waals surface area contributed by atoms with Crippen LogP contribution in [0.1, 0.15) is 38.3 Å². The molecule has 1 atom stereocenters. The molecule has 2 aliphatic heterocycles. The Hall–Kier alpha value is -1.71. The van der Waals surface area contributed by atoms with Gasteiger partial charge in [0.15, 0.2) is 0 Å². The average molecular weight is 274 g/mol. The number of amides is 1. The molecule has 1 aromatic carbocycles. The van der Waals surface area contributed by atoms with Crippen molar-refractivity contribution in [3.63, 3.8) is 0 Å². The minimum atomic E-state index is -0.321. The highest BCUT2D eigenvalue weighted by molar-refractivity contribution is 5.69. The number of cyclic esters (lactones) is 1. The molecule has 0 saturated carbocycles. The van der Waals surface area contributed by atoms with Crippen LogP contribution in [0, 0.1) is 5.41 Å². The lowest BCUT2D eigenvalue weighted by Crippen LogP contribution is -2.46. The van der Waals surface area contributed by atoms with Gasteiger partial charge in [-0.25, -0.2) is 4.79 Å². The van der Waals surface area contributed by atoms with Crippen LogP contribution in [0.3, 0.4) is 0 Å². The van der Waals surface area contributed by atoms with Crippen LogP contribution in [0.25, 0.3) is 0 Å². The Morgan fingerprint density at radius 1 is 1.20 bits per heavy atom. The summed E-state index contributed by atoms with van der Waals surface area (Å²) in [5, 5.41) is 2.94. The highest BCUT2D eigenvalue weighted by Crippen LogP contribution is 2.37. The fourth-order valence-corrected chi connectivity index (χ4v) is 3.08. The monoisotopic (exact) mass is 274 g/mol. The lowest BCUT2D eigenvalue weighted by atomic mass is 9.80. The molecule has 2 aliphatic rings. The van der Waals surface area contributed by atoms with E-state index >= 15 is 0 Å².